The monoisotopic (exact) mass is 313 g/mol. The third kappa shape index (κ3) is 3.33. The molecule has 2 nitrogen and oxygen atoms in total. The molecule has 1 atom stereocenters. The van der Waals surface area contributed by atoms with Crippen molar-refractivity contribution in [1.29, 1.82) is 0 Å². The average molecular weight is 313 g/mol. The van der Waals surface area contributed by atoms with E-state index in [4.69, 9.17) is 0 Å². The maximum atomic E-state index is 11.4. The maximum Gasteiger partial charge on any atom is 0.0917 e. The smallest absolute Gasteiger partial charge is 0.0917 e. The highest BCUT2D eigenvalue weighted by molar-refractivity contribution is 5.84. The first-order valence-electron chi connectivity index (χ1n) is 9.45. The van der Waals surface area contributed by atoms with E-state index in [2.05, 4.69) is 42.0 Å². The Balaban J connectivity index is 1.96. The maximum absolute atomic E-state index is 11.4. The van der Waals surface area contributed by atoms with Crippen molar-refractivity contribution in [3.63, 3.8) is 0 Å². The van der Waals surface area contributed by atoms with Gasteiger partial charge in [-0.1, -0.05) is 57.2 Å². The van der Waals surface area contributed by atoms with Crippen LogP contribution >= 0.6 is 0 Å². The Hall–Kier alpha value is -1.28. The molecule has 0 saturated heterocycles. The van der Waals surface area contributed by atoms with Crippen LogP contribution in [0.1, 0.15) is 70.8 Å². The van der Waals surface area contributed by atoms with Gasteiger partial charge in [-0.2, -0.15) is 0 Å². The molecular formula is C21H31NO. The van der Waals surface area contributed by atoms with Gasteiger partial charge in [0.05, 0.1) is 5.60 Å². The summed E-state index contributed by atoms with van der Waals surface area (Å²) in [5, 5.41) is 12.6. The summed E-state index contributed by atoms with van der Waals surface area (Å²) in [6.07, 6.45) is 12.1. The van der Waals surface area contributed by atoms with Crippen LogP contribution in [0.4, 0.5) is 0 Å². The van der Waals surface area contributed by atoms with Crippen LogP contribution in [-0.2, 0) is 12.1 Å². The number of aliphatic hydroxyl groups is 1. The van der Waals surface area contributed by atoms with E-state index in [0.717, 1.165) is 24.9 Å². The number of unbranched alkanes of at least 4 members (excludes halogenated alkanes) is 2. The Kier molecular flexibility index (Phi) is 5.11. The zero-order chi connectivity index (χ0) is 16.3. The summed E-state index contributed by atoms with van der Waals surface area (Å²) in [5.74, 6) is 0.395. The topological polar surface area (TPSA) is 25.2 Å². The predicted octanol–water partition coefficient (Wildman–Crippen LogP) is 5.62. The van der Waals surface area contributed by atoms with Crippen molar-refractivity contribution in [2.24, 2.45) is 5.92 Å². The molecule has 1 heterocycles. The second-order valence-electron chi connectivity index (χ2n) is 7.44. The standard InChI is InChI=1S/C21H31NO/c1-3-4-10-15-22-16-19(18-13-8-9-14-20(18)22)21(2,23)17-11-6-5-7-12-17/h8-9,13-14,16-17,23H,3-7,10-12,15H2,1-2H3/t21-/m1/s1. The van der Waals surface area contributed by atoms with Crippen LogP contribution in [0, 0.1) is 5.92 Å². The van der Waals surface area contributed by atoms with Gasteiger partial charge in [0, 0.05) is 29.2 Å². The molecule has 0 bridgehead atoms. The quantitative estimate of drug-likeness (QED) is 0.688. The van der Waals surface area contributed by atoms with Crippen LogP contribution < -0.4 is 0 Å². The van der Waals surface area contributed by atoms with E-state index in [-0.39, 0.29) is 0 Å². The second-order valence-corrected chi connectivity index (χ2v) is 7.44. The molecule has 1 fully saturated rings. The van der Waals surface area contributed by atoms with Gasteiger partial charge in [-0.25, -0.2) is 0 Å². The highest BCUT2D eigenvalue weighted by Gasteiger charge is 2.36. The van der Waals surface area contributed by atoms with Crippen molar-refractivity contribution < 1.29 is 5.11 Å². The molecule has 1 aliphatic carbocycles. The Bertz CT molecular complexity index is 634. The fourth-order valence-electron chi connectivity index (χ4n) is 4.25. The number of aryl methyl sites for hydroxylation is 1. The molecule has 1 aromatic heterocycles. The minimum Gasteiger partial charge on any atom is -0.385 e. The minimum atomic E-state index is -0.712. The molecule has 0 unspecified atom stereocenters. The largest absolute Gasteiger partial charge is 0.385 e. The Morgan fingerprint density at radius 3 is 2.61 bits per heavy atom. The zero-order valence-electron chi connectivity index (χ0n) is 14.7. The Morgan fingerprint density at radius 2 is 1.87 bits per heavy atom. The number of aromatic nitrogens is 1. The summed E-state index contributed by atoms with van der Waals surface area (Å²) in [4.78, 5) is 0. The fourth-order valence-corrected chi connectivity index (χ4v) is 4.25. The number of nitrogens with zero attached hydrogens (tertiary/aromatic N) is 1. The van der Waals surface area contributed by atoms with E-state index < -0.39 is 5.60 Å². The number of fused-ring (bicyclic) bond motifs is 1. The van der Waals surface area contributed by atoms with Gasteiger partial charge in [-0.15, -0.1) is 0 Å². The number of benzene rings is 1. The molecule has 23 heavy (non-hydrogen) atoms. The first-order valence-corrected chi connectivity index (χ1v) is 9.45. The fraction of sp³-hybridized carbons (Fsp3) is 0.619. The highest BCUT2D eigenvalue weighted by Crippen LogP contribution is 2.42. The van der Waals surface area contributed by atoms with Crippen LogP contribution in [0.5, 0.6) is 0 Å². The van der Waals surface area contributed by atoms with E-state index in [9.17, 15) is 5.11 Å². The second kappa shape index (κ2) is 7.09. The molecule has 0 spiro atoms. The average Bonchev–Trinajstić information content (AvgIpc) is 2.96. The van der Waals surface area contributed by atoms with Crippen LogP contribution in [0.2, 0.25) is 0 Å². The minimum absolute atomic E-state index is 0.395. The summed E-state index contributed by atoms with van der Waals surface area (Å²) in [7, 11) is 0. The van der Waals surface area contributed by atoms with E-state index in [1.807, 2.05) is 6.92 Å². The molecule has 2 heteroatoms. The van der Waals surface area contributed by atoms with E-state index in [1.54, 1.807) is 0 Å². The summed E-state index contributed by atoms with van der Waals surface area (Å²) in [6, 6.07) is 8.58. The molecule has 0 aliphatic heterocycles. The number of hydrogen-bond acceptors (Lipinski definition) is 1. The molecule has 0 amide bonds. The molecule has 1 saturated carbocycles. The lowest BCUT2D eigenvalue weighted by atomic mass is 9.74. The van der Waals surface area contributed by atoms with Crippen molar-refractivity contribution >= 4 is 10.9 Å². The van der Waals surface area contributed by atoms with Crippen LogP contribution in [0.3, 0.4) is 0 Å². The lowest BCUT2D eigenvalue weighted by molar-refractivity contribution is -0.0203. The lowest BCUT2D eigenvalue weighted by Gasteiger charge is -2.35. The first kappa shape index (κ1) is 16.6. The zero-order valence-corrected chi connectivity index (χ0v) is 14.7. The normalized spacial score (nSPS) is 19.1. The molecule has 1 aliphatic rings. The number of rotatable bonds is 6. The van der Waals surface area contributed by atoms with Gasteiger partial charge in [0.1, 0.15) is 0 Å². The van der Waals surface area contributed by atoms with Crippen molar-refractivity contribution in [3.05, 3.63) is 36.0 Å². The summed E-state index contributed by atoms with van der Waals surface area (Å²) >= 11 is 0. The SMILES string of the molecule is CCCCCn1cc([C@](C)(O)C2CCCCC2)c2ccccc21. The van der Waals surface area contributed by atoms with Gasteiger partial charge < -0.3 is 9.67 Å². The van der Waals surface area contributed by atoms with Crippen molar-refractivity contribution in [2.45, 2.75) is 77.4 Å². The summed E-state index contributed by atoms with van der Waals surface area (Å²) in [5.41, 5.74) is 1.70. The number of para-hydroxylation sites is 1. The van der Waals surface area contributed by atoms with Crippen molar-refractivity contribution in [3.8, 4) is 0 Å². The van der Waals surface area contributed by atoms with Gasteiger partial charge in [0.2, 0.25) is 0 Å². The van der Waals surface area contributed by atoms with Gasteiger partial charge >= 0.3 is 0 Å². The lowest BCUT2D eigenvalue weighted by Crippen LogP contribution is -2.33. The molecule has 126 valence electrons. The molecule has 3 rings (SSSR count). The first-order chi connectivity index (χ1) is 11.1. The Labute approximate surface area is 140 Å². The molecule has 0 radical (unpaired) electrons. The van der Waals surface area contributed by atoms with Crippen molar-refractivity contribution in [2.75, 3.05) is 0 Å². The van der Waals surface area contributed by atoms with Gasteiger partial charge in [-0.3, -0.25) is 0 Å². The third-order valence-electron chi connectivity index (χ3n) is 5.74. The predicted molar refractivity (Wildman–Crippen MR) is 97.6 cm³/mol. The van der Waals surface area contributed by atoms with E-state index in [1.165, 1.54) is 49.4 Å². The van der Waals surface area contributed by atoms with E-state index in [0.29, 0.717) is 5.92 Å². The van der Waals surface area contributed by atoms with Gasteiger partial charge in [-0.05, 0) is 38.2 Å². The summed E-state index contributed by atoms with van der Waals surface area (Å²) in [6.45, 7) is 5.34. The van der Waals surface area contributed by atoms with Crippen molar-refractivity contribution in [1.82, 2.24) is 4.57 Å². The summed E-state index contributed by atoms with van der Waals surface area (Å²) < 4.78 is 2.36. The van der Waals surface area contributed by atoms with Gasteiger partial charge in [0.25, 0.3) is 0 Å². The van der Waals surface area contributed by atoms with Crippen LogP contribution in [0.25, 0.3) is 10.9 Å². The van der Waals surface area contributed by atoms with Gasteiger partial charge in [0.15, 0.2) is 0 Å². The highest BCUT2D eigenvalue weighted by atomic mass is 16.3. The molecular weight excluding hydrogens is 282 g/mol. The number of hydrogen-bond donors (Lipinski definition) is 1. The Morgan fingerprint density at radius 1 is 1.13 bits per heavy atom. The van der Waals surface area contributed by atoms with Crippen LogP contribution in [0.15, 0.2) is 30.5 Å². The van der Waals surface area contributed by atoms with Crippen LogP contribution in [-0.4, -0.2) is 9.67 Å². The molecule has 1 aromatic carbocycles. The van der Waals surface area contributed by atoms with E-state index >= 15 is 0 Å². The molecule has 1 N–H and O–H groups in total. The molecule has 2 aromatic rings. The third-order valence-corrected chi connectivity index (χ3v) is 5.74.